The van der Waals surface area contributed by atoms with Crippen molar-refractivity contribution in [2.45, 2.75) is 64.2 Å². The first-order chi connectivity index (χ1) is 13.9. The number of ketones is 1. The molecule has 2 aromatic carbocycles. The van der Waals surface area contributed by atoms with E-state index in [-0.39, 0.29) is 27.5 Å². The second-order valence-corrected chi connectivity index (χ2v) is 8.32. The summed E-state index contributed by atoms with van der Waals surface area (Å²) in [7, 11) is 0. The standard InChI is InChI=1S/C24H26N2O3/c1-3-5-9-24(10-6-4-2)20-11-15-12-22(25)23(27)18(15)14-19(20)17-8-7-16(26(28)29)13-21(17)24/h7-8,11,13-14,25H,3-6,9-10,12H2,1-2H3. The number of fused-ring (bicyclic) bond motifs is 4. The number of hydrogen-bond donors (Lipinski definition) is 1. The summed E-state index contributed by atoms with van der Waals surface area (Å²) in [6.07, 6.45) is 6.45. The molecule has 0 amide bonds. The zero-order valence-electron chi connectivity index (χ0n) is 17.0. The number of nitro benzene ring substituents is 1. The average molecular weight is 390 g/mol. The van der Waals surface area contributed by atoms with Crippen LogP contribution in [0.4, 0.5) is 5.69 Å². The fourth-order valence-corrected chi connectivity index (χ4v) is 5.10. The molecular formula is C24H26N2O3. The van der Waals surface area contributed by atoms with E-state index in [1.54, 1.807) is 12.1 Å². The molecule has 0 unspecified atom stereocenters. The van der Waals surface area contributed by atoms with E-state index in [0.717, 1.165) is 60.8 Å². The molecule has 0 radical (unpaired) electrons. The normalized spacial score (nSPS) is 15.9. The molecule has 0 aliphatic heterocycles. The number of unbranched alkanes of at least 4 members (excludes halogenated alkanes) is 2. The number of rotatable bonds is 7. The van der Waals surface area contributed by atoms with Crippen LogP contribution in [0.5, 0.6) is 0 Å². The van der Waals surface area contributed by atoms with Gasteiger partial charge in [-0.25, -0.2) is 0 Å². The van der Waals surface area contributed by atoms with Crippen molar-refractivity contribution >= 4 is 17.2 Å². The third-order valence-electron chi connectivity index (χ3n) is 6.58. The number of nitrogens with one attached hydrogen (secondary N) is 1. The molecule has 5 heteroatoms. The fraction of sp³-hybridized carbons (Fsp3) is 0.417. The molecule has 29 heavy (non-hydrogen) atoms. The van der Waals surface area contributed by atoms with Gasteiger partial charge in [0, 0.05) is 29.5 Å². The van der Waals surface area contributed by atoms with Crippen LogP contribution in [-0.4, -0.2) is 16.4 Å². The summed E-state index contributed by atoms with van der Waals surface area (Å²) in [5.74, 6) is -0.189. The quantitative estimate of drug-likeness (QED) is 0.465. The van der Waals surface area contributed by atoms with Crippen LogP contribution in [0.3, 0.4) is 0 Å². The Labute approximate surface area is 170 Å². The molecule has 0 heterocycles. The van der Waals surface area contributed by atoms with Crippen molar-refractivity contribution in [1.29, 1.82) is 5.41 Å². The topological polar surface area (TPSA) is 84.1 Å². The predicted molar refractivity (Wildman–Crippen MR) is 114 cm³/mol. The Bertz CT molecular complexity index is 1030. The highest BCUT2D eigenvalue weighted by molar-refractivity contribution is 6.48. The van der Waals surface area contributed by atoms with Gasteiger partial charge in [-0.3, -0.25) is 14.9 Å². The van der Waals surface area contributed by atoms with E-state index >= 15 is 0 Å². The lowest BCUT2D eigenvalue weighted by atomic mass is 9.70. The molecule has 0 fully saturated rings. The number of benzene rings is 2. The molecule has 5 nitrogen and oxygen atoms in total. The van der Waals surface area contributed by atoms with Crippen LogP contribution in [0.25, 0.3) is 11.1 Å². The van der Waals surface area contributed by atoms with Gasteiger partial charge in [0.25, 0.3) is 5.69 Å². The van der Waals surface area contributed by atoms with Crippen molar-refractivity contribution in [1.82, 2.24) is 0 Å². The molecular weight excluding hydrogens is 364 g/mol. The van der Waals surface area contributed by atoms with E-state index in [2.05, 4.69) is 19.9 Å². The van der Waals surface area contributed by atoms with Crippen molar-refractivity contribution in [2.75, 3.05) is 0 Å². The Morgan fingerprint density at radius 2 is 1.66 bits per heavy atom. The minimum absolute atomic E-state index is 0.124. The van der Waals surface area contributed by atoms with Gasteiger partial charge in [-0.15, -0.1) is 0 Å². The zero-order chi connectivity index (χ0) is 20.8. The molecule has 0 saturated carbocycles. The summed E-state index contributed by atoms with van der Waals surface area (Å²) >= 11 is 0. The molecule has 2 aliphatic rings. The summed E-state index contributed by atoms with van der Waals surface area (Å²) in [6.45, 7) is 4.33. The van der Waals surface area contributed by atoms with Crippen molar-refractivity contribution < 1.29 is 9.72 Å². The van der Waals surface area contributed by atoms with Crippen molar-refractivity contribution in [3.05, 3.63) is 62.7 Å². The van der Waals surface area contributed by atoms with Gasteiger partial charge in [0.05, 0.1) is 10.6 Å². The number of Topliss-reactive ketones (excluding diaryl/α,β-unsaturated/α-hetero) is 1. The summed E-state index contributed by atoms with van der Waals surface area (Å²) < 4.78 is 0. The second-order valence-electron chi connectivity index (χ2n) is 8.32. The second kappa shape index (κ2) is 7.21. The smallest absolute Gasteiger partial charge is 0.269 e. The van der Waals surface area contributed by atoms with Crippen LogP contribution in [0, 0.1) is 15.5 Å². The third kappa shape index (κ3) is 2.91. The number of carbonyl (C=O) groups excluding carboxylic acids is 1. The summed E-state index contributed by atoms with van der Waals surface area (Å²) in [6, 6.07) is 9.24. The van der Waals surface area contributed by atoms with Crippen LogP contribution in [0.2, 0.25) is 0 Å². The van der Waals surface area contributed by atoms with Crippen LogP contribution in [0.1, 0.15) is 79.4 Å². The number of non-ortho nitro benzene ring substituents is 1. The minimum atomic E-state index is -0.321. The Morgan fingerprint density at radius 3 is 2.28 bits per heavy atom. The molecule has 0 saturated heterocycles. The lowest BCUT2D eigenvalue weighted by molar-refractivity contribution is -0.384. The van der Waals surface area contributed by atoms with Crippen LogP contribution >= 0.6 is 0 Å². The van der Waals surface area contributed by atoms with E-state index in [1.807, 2.05) is 12.1 Å². The molecule has 0 aromatic heterocycles. The maximum atomic E-state index is 12.4. The molecule has 1 N–H and O–H groups in total. The summed E-state index contributed by atoms with van der Waals surface area (Å²) in [4.78, 5) is 23.6. The van der Waals surface area contributed by atoms with Crippen molar-refractivity contribution in [3.8, 4) is 11.1 Å². The van der Waals surface area contributed by atoms with Gasteiger partial charge < -0.3 is 5.41 Å². The minimum Gasteiger partial charge on any atom is -0.301 e. The summed E-state index contributed by atoms with van der Waals surface area (Å²) in [5.41, 5.74) is 5.82. The van der Waals surface area contributed by atoms with Gasteiger partial charge in [0.15, 0.2) is 0 Å². The molecule has 0 bridgehead atoms. The van der Waals surface area contributed by atoms with Crippen LogP contribution in [0.15, 0.2) is 30.3 Å². The van der Waals surface area contributed by atoms with Crippen LogP contribution in [-0.2, 0) is 11.8 Å². The molecule has 2 aliphatic carbocycles. The van der Waals surface area contributed by atoms with Gasteiger partial charge in [-0.05, 0) is 52.8 Å². The molecule has 150 valence electrons. The Kier molecular flexibility index (Phi) is 4.85. The fourth-order valence-electron chi connectivity index (χ4n) is 5.10. The maximum absolute atomic E-state index is 12.4. The van der Waals surface area contributed by atoms with Gasteiger partial charge in [-0.2, -0.15) is 0 Å². The SMILES string of the molecule is CCCCC1(CCCC)c2cc([N+](=O)[O-])ccc2-c2cc3c(cc21)CC(=N)C3=O. The van der Waals surface area contributed by atoms with E-state index in [9.17, 15) is 14.9 Å². The lowest BCUT2D eigenvalue weighted by Gasteiger charge is -2.32. The van der Waals surface area contributed by atoms with Crippen molar-refractivity contribution in [2.24, 2.45) is 0 Å². The molecule has 2 aromatic rings. The first-order valence-electron chi connectivity index (χ1n) is 10.5. The van der Waals surface area contributed by atoms with Gasteiger partial charge in [0.1, 0.15) is 0 Å². The van der Waals surface area contributed by atoms with Crippen molar-refractivity contribution in [3.63, 3.8) is 0 Å². The largest absolute Gasteiger partial charge is 0.301 e. The number of nitrogens with zero attached hydrogens (tertiary/aromatic N) is 1. The lowest BCUT2D eigenvalue weighted by Crippen LogP contribution is -2.25. The molecule has 0 spiro atoms. The monoisotopic (exact) mass is 390 g/mol. The molecule has 0 atom stereocenters. The first-order valence-corrected chi connectivity index (χ1v) is 10.5. The van der Waals surface area contributed by atoms with E-state index < -0.39 is 0 Å². The predicted octanol–water partition coefficient (Wildman–Crippen LogP) is 6.00. The Balaban J connectivity index is 1.99. The molecule has 4 rings (SSSR count). The highest BCUT2D eigenvalue weighted by atomic mass is 16.6. The highest BCUT2D eigenvalue weighted by Gasteiger charge is 2.44. The number of nitro groups is 1. The van der Waals surface area contributed by atoms with Crippen LogP contribution < -0.4 is 0 Å². The van der Waals surface area contributed by atoms with E-state index in [0.29, 0.717) is 12.0 Å². The number of hydrogen-bond acceptors (Lipinski definition) is 4. The Morgan fingerprint density at radius 1 is 1.00 bits per heavy atom. The summed E-state index contributed by atoms with van der Waals surface area (Å²) in [5, 5.41) is 19.5. The zero-order valence-corrected chi connectivity index (χ0v) is 17.0. The van der Waals surface area contributed by atoms with Gasteiger partial charge in [-0.1, -0.05) is 45.6 Å². The van der Waals surface area contributed by atoms with E-state index in [4.69, 9.17) is 5.41 Å². The average Bonchev–Trinajstić information content (AvgIpc) is 3.14. The number of carbonyl (C=O) groups is 1. The first kappa shape index (κ1) is 19.5. The third-order valence-corrected chi connectivity index (χ3v) is 6.58. The van der Waals surface area contributed by atoms with E-state index in [1.165, 1.54) is 5.56 Å². The Hall–Kier alpha value is -2.82. The maximum Gasteiger partial charge on any atom is 0.269 e. The van der Waals surface area contributed by atoms with Gasteiger partial charge in [0.2, 0.25) is 5.78 Å². The highest BCUT2D eigenvalue weighted by Crippen LogP contribution is 2.55. The van der Waals surface area contributed by atoms with Gasteiger partial charge >= 0.3 is 0 Å².